The Bertz CT molecular complexity index is 3190. The molecule has 0 saturated carbocycles. The van der Waals surface area contributed by atoms with Gasteiger partial charge in [0.05, 0.1) is 37.8 Å². The van der Waals surface area contributed by atoms with E-state index < -0.39 is 11.1 Å². The molecule has 16 nitrogen and oxygen atoms in total. The van der Waals surface area contributed by atoms with Crippen LogP contribution in [0.15, 0.2) is 123 Å². The van der Waals surface area contributed by atoms with E-state index in [1.807, 2.05) is 84.9 Å². The third-order valence-electron chi connectivity index (χ3n) is 9.26. The lowest BCUT2D eigenvalue weighted by molar-refractivity contribution is -0.717. The number of H-pyrrole nitrogens is 4. The van der Waals surface area contributed by atoms with Crippen LogP contribution in [0.3, 0.4) is 0 Å². The Kier molecular flexibility index (Phi) is 10.9. The molecule has 0 aliphatic heterocycles. The second-order valence-corrected chi connectivity index (χ2v) is 14.7. The Hall–Kier alpha value is -8.42. The number of aromatic nitrogens is 10. The van der Waals surface area contributed by atoms with Crippen LogP contribution in [0.5, 0.6) is 0 Å². The summed E-state index contributed by atoms with van der Waals surface area (Å²) in [6, 6.07) is 39.9. The first-order valence-electron chi connectivity index (χ1n) is 17.8. The summed E-state index contributed by atoms with van der Waals surface area (Å²) in [5.74, 6) is 1.01. The highest BCUT2D eigenvalue weighted by atomic mass is 32.2. The van der Waals surface area contributed by atoms with Crippen molar-refractivity contribution in [1.82, 2.24) is 46.0 Å². The number of pyridine rings is 2. The number of hydrogen-bond donors (Lipinski definition) is 4. The lowest BCUT2D eigenvalue weighted by atomic mass is 9.90. The number of tetrazole rings is 2. The summed E-state index contributed by atoms with van der Waals surface area (Å²) in [6.07, 6.45) is 0. The number of aromatic amines is 4. The van der Waals surface area contributed by atoms with Gasteiger partial charge in [-0.15, -0.1) is 10.2 Å². The second kappa shape index (κ2) is 17.0. The molecule has 286 valence electrons. The first-order valence-corrected chi connectivity index (χ1v) is 19.8. The van der Waals surface area contributed by atoms with Crippen molar-refractivity contribution in [3.63, 3.8) is 0 Å². The van der Waals surface area contributed by atoms with E-state index >= 15 is 0 Å². The average molecular weight is 822 g/mol. The monoisotopic (exact) mass is 821 g/mol. The maximum absolute atomic E-state index is 13.3. The summed E-state index contributed by atoms with van der Waals surface area (Å²) in [4.78, 5) is 33.3. The Balaban J connectivity index is 1.13. The van der Waals surface area contributed by atoms with Gasteiger partial charge in [-0.1, -0.05) is 114 Å². The molecule has 0 amide bonds. The summed E-state index contributed by atoms with van der Waals surface area (Å²) in [7, 11) is 0. The normalized spacial score (nSPS) is 10.7. The number of nitrogens with one attached hydrogen (secondary N) is 4. The summed E-state index contributed by atoms with van der Waals surface area (Å²) >= 11 is 2.26. The highest BCUT2D eigenvalue weighted by molar-refractivity contribution is 7.98. The zero-order valence-corrected chi connectivity index (χ0v) is 32.5. The van der Waals surface area contributed by atoms with E-state index in [0.29, 0.717) is 34.0 Å². The Labute approximate surface area is 347 Å². The largest absolute Gasteiger partial charge is 0.319 e. The zero-order valence-electron chi connectivity index (χ0n) is 30.8. The van der Waals surface area contributed by atoms with Crippen molar-refractivity contribution in [2.75, 3.05) is 0 Å². The number of nitriles is 4. The summed E-state index contributed by atoms with van der Waals surface area (Å²) in [5, 5.41) is 67.1. The summed E-state index contributed by atoms with van der Waals surface area (Å²) < 4.78 is 0. The van der Waals surface area contributed by atoms with Crippen molar-refractivity contribution in [2.24, 2.45) is 0 Å². The van der Waals surface area contributed by atoms with Crippen molar-refractivity contribution in [2.45, 2.75) is 21.6 Å². The molecule has 0 atom stereocenters. The molecule has 0 saturated heterocycles. The molecule has 0 spiro atoms. The van der Waals surface area contributed by atoms with Gasteiger partial charge in [0.1, 0.15) is 35.4 Å². The molecule has 0 bridgehead atoms. The number of nitrogens with zero attached hydrogens (tertiary/aromatic N) is 10. The lowest BCUT2D eigenvalue weighted by Crippen LogP contribution is -2.36. The maximum atomic E-state index is 13.3. The smallest absolute Gasteiger partial charge is 0.315 e. The van der Waals surface area contributed by atoms with Gasteiger partial charge < -0.3 is 9.97 Å². The molecule has 18 heteroatoms. The van der Waals surface area contributed by atoms with Gasteiger partial charge in [0.2, 0.25) is 0 Å². The summed E-state index contributed by atoms with van der Waals surface area (Å²) in [6.45, 7) is 0. The van der Waals surface area contributed by atoms with Crippen LogP contribution in [0.25, 0.3) is 50.2 Å². The Morgan fingerprint density at radius 2 is 1.12 bits per heavy atom. The van der Waals surface area contributed by atoms with E-state index in [1.54, 1.807) is 30.3 Å². The second-order valence-electron chi connectivity index (χ2n) is 12.7. The molecule has 4 N–H and O–H groups in total. The van der Waals surface area contributed by atoms with E-state index in [9.17, 15) is 30.6 Å². The molecule has 0 aliphatic carbocycles. The lowest BCUT2D eigenvalue weighted by Gasteiger charge is -2.15. The van der Waals surface area contributed by atoms with Gasteiger partial charge in [0, 0.05) is 11.1 Å². The fourth-order valence-corrected chi connectivity index (χ4v) is 8.22. The van der Waals surface area contributed by atoms with Gasteiger partial charge in [-0.2, -0.15) is 26.3 Å². The molecule has 0 unspecified atom stereocenters. The van der Waals surface area contributed by atoms with Crippen LogP contribution in [0.1, 0.15) is 33.9 Å². The van der Waals surface area contributed by atoms with Crippen LogP contribution in [-0.2, 0) is 11.5 Å². The molecule has 4 aromatic heterocycles. The fourth-order valence-electron chi connectivity index (χ4n) is 6.52. The minimum atomic E-state index is -0.659. The SMILES string of the molecule is N#Cc1c(SCc2n[nH][n+](-c3ccc(-c4c(C#N)c(SCc5nn[nH]n5)[nH]c(=O)c4C#N)c(-c4ccccc4)c3)n2)[nH]c(=O)c(C#N)c1-c1ccc(-c2ccccc2)cc1. The highest BCUT2D eigenvalue weighted by Crippen LogP contribution is 2.39. The first-order chi connectivity index (χ1) is 29.4. The minimum Gasteiger partial charge on any atom is -0.315 e. The van der Waals surface area contributed by atoms with Crippen molar-refractivity contribution in [3.05, 3.63) is 158 Å². The molecule has 8 aromatic rings. The van der Waals surface area contributed by atoms with Gasteiger partial charge >= 0.3 is 5.82 Å². The molecule has 8 rings (SSSR count). The van der Waals surface area contributed by atoms with Crippen LogP contribution in [-0.4, -0.2) is 46.0 Å². The molecule has 60 heavy (non-hydrogen) atoms. The van der Waals surface area contributed by atoms with E-state index in [-0.39, 0.29) is 54.9 Å². The van der Waals surface area contributed by atoms with Crippen molar-refractivity contribution in [3.8, 4) is 74.5 Å². The molecular formula is C42H25N14O2S2+. The third kappa shape index (κ3) is 7.54. The first kappa shape index (κ1) is 38.5. The van der Waals surface area contributed by atoms with Crippen LogP contribution < -0.4 is 15.9 Å². The topological polar surface area (TPSA) is 261 Å². The van der Waals surface area contributed by atoms with Gasteiger partial charge in [-0.05, 0) is 66.7 Å². The zero-order chi connectivity index (χ0) is 41.6. The number of thioether (sulfide) groups is 2. The molecule has 0 aliphatic rings. The molecule has 4 aromatic carbocycles. The van der Waals surface area contributed by atoms with Crippen molar-refractivity contribution in [1.29, 1.82) is 21.0 Å². The molecular weight excluding hydrogens is 797 g/mol. The van der Waals surface area contributed by atoms with Gasteiger partial charge in [-0.3, -0.25) is 9.59 Å². The van der Waals surface area contributed by atoms with Gasteiger partial charge in [-0.25, -0.2) is 0 Å². The molecule has 0 radical (unpaired) electrons. The fraction of sp³-hybridized carbons (Fsp3) is 0.0476. The van der Waals surface area contributed by atoms with Crippen molar-refractivity contribution >= 4 is 23.5 Å². The number of hydrogen-bond acceptors (Lipinski definition) is 13. The van der Waals surface area contributed by atoms with Gasteiger partial charge in [0.25, 0.3) is 11.1 Å². The predicted molar refractivity (Wildman–Crippen MR) is 220 cm³/mol. The van der Waals surface area contributed by atoms with Gasteiger partial charge in [0.15, 0.2) is 11.5 Å². The molecule has 4 heterocycles. The van der Waals surface area contributed by atoms with Crippen LogP contribution in [0, 0.1) is 45.3 Å². The van der Waals surface area contributed by atoms with E-state index in [0.717, 1.165) is 40.2 Å². The van der Waals surface area contributed by atoms with E-state index in [1.165, 1.54) is 4.80 Å². The number of benzene rings is 4. The van der Waals surface area contributed by atoms with Crippen molar-refractivity contribution < 1.29 is 4.80 Å². The van der Waals surface area contributed by atoms with E-state index in [4.69, 9.17) is 0 Å². The van der Waals surface area contributed by atoms with Crippen LogP contribution in [0.4, 0.5) is 0 Å². The third-order valence-corrected chi connectivity index (χ3v) is 11.3. The maximum Gasteiger partial charge on any atom is 0.319 e. The average Bonchev–Trinajstić information content (AvgIpc) is 4.01. The minimum absolute atomic E-state index is 0.0983. The quantitative estimate of drug-likeness (QED) is 0.0901. The van der Waals surface area contributed by atoms with E-state index in [2.05, 4.69) is 58.1 Å². The van der Waals surface area contributed by atoms with Crippen LogP contribution in [0.2, 0.25) is 0 Å². The standard InChI is InChI=1S/C42H24N14O2S2/c43-18-31-37(27-13-11-25(12-14-27)24-7-3-1-4-8-24)33(20-45)41(47-39(31)57)60-23-36-51-55-56(52-36)28-15-16-29(30(17-28)26-9-5-2-6-10-26)38-32(19-44)40(58)48-42(34(38)21-46)59-22-35-49-53-54-50-35/h1-17H,22-23H2,(H3,47,48,49,50,53,54,57,58)/p+1. The summed E-state index contributed by atoms with van der Waals surface area (Å²) in [5.41, 5.74) is 3.77. The predicted octanol–water partition coefficient (Wildman–Crippen LogP) is 5.71. The Morgan fingerprint density at radius 3 is 1.72 bits per heavy atom. The Morgan fingerprint density at radius 1 is 0.567 bits per heavy atom. The van der Waals surface area contributed by atoms with Crippen LogP contribution >= 0.6 is 23.5 Å². The highest BCUT2D eigenvalue weighted by Gasteiger charge is 2.25. The molecule has 0 fully saturated rings. The number of rotatable bonds is 11.